The van der Waals surface area contributed by atoms with E-state index < -0.39 is 0 Å². The fourth-order valence-electron chi connectivity index (χ4n) is 0.891. The van der Waals surface area contributed by atoms with Crippen LogP contribution in [-0.2, 0) is 4.79 Å². The van der Waals surface area contributed by atoms with Gasteiger partial charge in [0.05, 0.1) is 0 Å². The lowest BCUT2D eigenvalue weighted by Gasteiger charge is -1.98. The third-order valence-electron chi connectivity index (χ3n) is 1.52. The molecular formula is C10H10NO2. The minimum atomic E-state index is -0.262. The predicted octanol–water partition coefficient (Wildman–Crippen LogP) is 1.02. The molecule has 13 heavy (non-hydrogen) atoms. The maximum absolute atomic E-state index is 11.2. The normalized spacial score (nSPS) is 9.23. The number of rotatable bonds is 4. The van der Waals surface area contributed by atoms with E-state index in [-0.39, 0.29) is 12.5 Å². The summed E-state index contributed by atoms with van der Waals surface area (Å²) in [6.45, 7) is 0.275. The van der Waals surface area contributed by atoms with Crippen molar-refractivity contribution in [3.8, 4) is 0 Å². The number of aldehydes is 1. The minimum Gasteiger partial charge on any atom is -0.303 e. The first-order chi connectivity index (χ1) is 6.34. The highest BCUT2D eigenvalue weighted by molar-refractivity contribution is 5.93. The summed E-state index contributed by atoms with van der Waals surface area (Å²) in [5, 5.41) is 3.71. The van der Waals surface area contributed by atoms with Gasteiger partial charge in [-0.3, -0.25) is 4.79 Å². The lowest BCUT2D eigenvalue weighted by molar-refractivity contribution is -0.107. The zero-order valence-electron chi connectivity index (χ0n) is 7.14. The lowest BCUT2D eigenvalue weighted by atomic mass is 10.2. The molecule has 0 unspecified atom stereocenters. The zero-order valence-corrected chi connectivity index (χ0v) is 7.14. The van der Waals surface area contributed by atoms with Crippen LogP contribution in [0.15, 0.2) is 30.3 Å². The van der Waals surface area contributed by atoms with Gasteiger partial charge in [0.1, 0.15) is 6.29 Å². The van der Waals surface area contributed by atoms with E-state index in [9.17, 15) is 9.59 Å². The van der Waals surface area contributed by atoms with Crippen molar-refractivity contribution >= 4 is 12.2 Å². The minimum absolute atomic E-state index is 0.262. The molecule has 1 radical (unpaired) electrons. The summed E-state index contributed by atoms with van der Waals surface area (Å²) in [5.41, 5.74) is 0.563. The Kier molecular flexibility index (Phi) is 3.70. The van der Waals surface area contributed by atoms with Crippen LogP contribution in [0.25, 0.3) is 0 Å². The fourth-order valence-corrected chi connectivity index (χ4v) is 0.891. The summed E-state index contributed by atoms with van der Waals surface area (Å²) >= 11 is 0. The summed E-state index contributed by atoms with van der Waals surface area (Å²) in [6, 6.07) is 8.80. The Hall–Kier alpha value is -1.64. The second kappa shape index (κ2) is 5.09. The number of amides is 1. The van der Waals surface area contributed by atoms with E-state index in [4.69, 9.17) is 0 Å². The second-order valence-electron chi connectivity index (χ2n) is 2.51. The Bertz CT molecular complexity index is 282. The van der Waals surface area contributed by atoms with Gasteiger partial charge in [0, 0.05) is 18.5 Å². The smallest absolute Gasteiger partial charge is 0.272 e. The Balaban J connectivity index is 2.45. The number of carbonyl (C=O) groups excluding carboxylic acids is 2. The molecule has 3 nitrogen and oxygen atoms in total. The van der Waals surface area contributed by atoms with Gasteiger partial charge in [-0.15, -0.1) is 0 Å². The molecule has 0 spiro atoms. The van der Waals surface area contributed by atoms with Gasteiger partial charge in [0.2, 0.25) is 0 Å². The fraction of sp³-hybridized carbons (Fsp3) is 0.200. The molecule has 1 rings (SSSR count). The van der Waals surface area contributed by atoms with Crippen molar-refractivity contribution in [2.24, 2.45) is 0 Å². The molecule has 0 aliphatic heterocycles. The molecule has 0 atom stereocenters. The van der Waals surface area contributed by atoms with Crippen molar-refractivity contribution in [2.45, 2.75) is 6.42 Å². The van der Waals surface area contributed by atoms with E-state index in [1.165, 1.54) is 0 Å². The molecule has 0 aromatic heterocycles. The van der Waals surface area contributed by atoms with Crippen molar-refractivity contribution in [1.29, 1.82) is 0 Å². The van der Waals surface area contributed by atoms with Crippen molar-refractivity contribution in [3.63, 3.8) is 0 Å². The van der Waals surface area contributed by atoms with Crippen molar-refractivity contribution in [1.82, 2.24) is 5.32 Å². The molecule has 1 amide bonds. The van der Waals surface area contributed by atoms with Crippen LogP contribution in [0.4, 0.5) is 0 Å². The van der Waals surface area contributed by atoms with Crippen LogP contribution in [0.3, 0.4) is 0 Å². The third-order valence-corrected chi connectivity index (χ3v) is 1.52. The first kappa shape index (κ1) is 9.45. The summed E-state index contributed by atoms with van der Waals surface area (Å²) < 4.78 is 0. The van der Waals surface area contributed by atoms with Gasteiger partial charge in [-0.05, 0) is 12.1 Å². The van der Waals surface area contributed by atoms with E-state index in [0.717, 1.165) is 6.29 Å². The standard InChI is InChI=1S/C10H10NO2/c12-8-4-7-11-10(13)9-5-2-1-3-6-9/h1-3,5-6,8H,4,7H2. The van der Waals surface area contributed by atoms with Crippen LogP contribution in [0, 0.1) is 0 Å². The first-order valence-electron chi connectivity index (χ1n) is 4.05. The van der Waals surface area contributed by atoms with Gasteiger partial charge in [-0.2, -0.15) is 0 Å². The first-order valence-corrected chi connectivity index (χ1v) is 4.05. The molecule has 67 valence electrons. The molecule has 0 N–H and O–H groups in total. The molecule has 0 aliphatic carbocycles. The van der Waals surface area contributed by atoms with E-state index in [0.29, 0.717) is 12.0 Å². The average Bonchev–Trinajstić information content (AvgIpc) is 2.19. The van der Waals surface area contributed by atoms with Crippen LogP contribution in [-0.4, -0.2) is 18.7 Å². The van der Waals surface area contributed by atoms with Gasteiger partial charge in [0.15, 0.2) is 0 Å². The zero-order chi connectivity index (χ0) is 9.52. The quantitative estimate of drug-likeness (QED) is 0.508. The van der Waals surface area contributed by atoms with E-state index in [2.05, 4.69) is 5.32 Å². The number of nitrogens with zero attached hydrogens (tertiary/aromatic N) is 1. The largest absolute Gasteiger partial charge is 0.303 e. The van der Waals surface area contributed by atoms with Crippen LogP contribution >= 0.6 is 0 Å². The number of hydrogen-bond donors (Lipinski definition) is 0. The van der Waals surface area contributed by atoms with Gasteiger partial charge >= 0.3 is 0 Å². The lowest BCUT2D eigenvalue weighted by Crippen LogP contribution is -2.16. The van der Waals surface area contributed by atoms with Crippen molar-refractivity contribution in [3.05, 3.63) is 35.9 Å². The molecule has 1 aromatic rings. The van der Waals surface area contributed by atoms with Gasteiger partial charge in [0.25, 0.3) is 5.91 Å². The van der Waals surface area contributed by atoms with E-state index in [1.807, 2.05) is 6.07 Å². The molecule has 0 saturated carbocycles. The third kappa shape index (κ3) is 3.07. The van der Waals surface area contributed by atoms with Crippen LogP contribution < -0.4 is 5.32 Å². The highest BCUT2D eigenvalue weighted by Crippen LogP contribution is 1.98. The molecule has 0 bridgehead atoms. The van der Waals surface area contributed by atoms with Crippen LogP contribution in [0.5, 0.6) is 0 Å². The Morgan fingerprint density at radius 2 is 2.00 bits per heavy atom. The molecule has 3 heteroatoms. The molecule has 0 fully saturated rings. The topological polar surface area (TPSA) is 48.2 Å². The maximum atomic E-state index is 11.2. The summed E-state index contributed by atoms with van der Waals surface area (Å²) in [4.78, 5) is 21.2. The average molecular weight is 176 g/mol. The second-order valence-corrected chi connectivity index (χ2v) is 2.51. The number of hydrogen-bond acceptors (Lipinski definition) is 2. The Labute approximate surface area is 76.8 Å². The maximum Gasteiger partial charge on any atom is 0.272 e. The molecule has 0 aliphatic rings. The summed E-state index contributed by atoms with van der Waals surface area (Å²) in [5.74, 6) is -0.262. The number of benzene rings is 1. The van der Waals surface area contributed by atoms with Gasteiger partial charge in [-0.1, -0.05) is 18.2 Å². The molecule has 0 heterocycles. The monoisotopic (exact) mass is 176 g/mol. The Morgan fingerprint density at radius 1 is 1.31 bits per heavy atom. The Morgan fingerprint density at radius 3 is 2.62 bits per heavy atom. The summed E-state index contributed by atoms with van der Waals surface area (Å²) in [6.07, 6.45) is 1.06. The van der Waals surface area contributed by atoms with Crippen LogP contribution in [0.1, 0.15) is 16.8 Å². The van der Waals surface area contributed by atoms with Gasteiger partial charge < -0.3 is 4.79 Å². The van der Waals surface area contributed by atoms with Crippen LogP contribution in [0.2, 0.25) is 0 Å². The predicted molar refractivity (Wildman–Crippen MR) is 48.5 cm³/mol. The molecular weight excluding hydrogens is 166 g/mol. The van der Waals surface area contributed by atoms with E-state index >= 15 is 0 Å². The van der Waals surface area contributed by atoms with Gasteiger partial charge in [-0.25, -0.2) is 5.32 Å². The van der Waals surface area contributed by atoms with Crippen molar-refractivity contribution in [2.75, 3.05) is 6.54 Å². The number of carbonyl (C=O) groups is 2. The van der Waals surface area contributed by atoms with E-state index in [1.54, 1.807) is 24.3 Å². The highest BCUT2D eigenvalue weighted by Gasteiger charge is 2.03. The SMILES string of the molecule is O=CCC[N]C(=O)c1ccccc1. The summed E-state index contributed by atoms with van der Waals surface area (Å²) in [7, 11) is 0. The van der Waals surface area contributed by atoms with Crippen molar-refractivity contribution < 1.29 is 9.59 Å². The molecule has 1 aromatic carbocycles. The molecule has 0 saturated heterocycles. The highest BCUT2D eigenvalue weighted by atomic mass is 16.1.